The van der Waals surface area contributed by atoms with Gasteiger partial charge in [0, 0.05) is 0 Å². The molecule has 1 aromatic carbocycles. The molecule has 3 N–H and O–H groups in total. The van der Waals surface area contributed by atoms with Crippen LogP contribution in [-0.2, 0) is 0 Å². The normalized spacial score (nSPS) is 11.0. The van der Waals surface area contributed by atoms with E-state index in [1.54, 1.807) is 0 Å². The first-order chi connectivity index (χ1) is 6.20. The van der Waals surface area contributed by atoms with Gasteiger partial charge in [0.2, 0.25) is 0 Å². The van der Waals surface area contributed by atoms with Gasteiger partial charge >= 0.3 is 0 Å². The second kappa shape index (κ2) is 4.57. The second-order valence-corrected chi connectivity index (χ2v) is 2.84. The molecule has 0 aliphatic rings. The third-order valence-corrected chi connectivity index (χ3v) is 1.50. The highest BCUT2D eigenvalue weighted by Crippen LogP contribution is 1.99. The van der Waals surface area contributed by atoms with Crippen LogP contribution in [-0.4, -0.2) is 10.8 Å². The second-order valence-electron chi connectivity index (χ2n) is 2.40. The Morgan fingerprint density at radius 1 is 1.38 bits per heavy atom. The van der Waals surface area contributed by atoms with Crippen LogP contribution >= 0.6 is 12.2 Å². The molecule has 0 fully saturated rings. The maximum absolute atomic E-state index is 5.20. The molecule has 4 heteroatoms. The number of hydrogen-bond donors (Lipinski definition) is 2. The maximum atomic E-state index is 5.20. The van der Waals surface area contributed by atoms with Gasteiger partial charge in [-0.2, -0.15) is 5.10 Å². The van der Waals surface area contributed by atoms with Crippen LogP contribution in [0.25, 0.3) is 0 Å². The minimum absolute atomic E-state index is 0.136. The summed E-state index contributed by atoms with van der Waals surface area (Å²) in [6.45, 7) is 3.75. The number of rotatable bonds is 2. The van der Waals surface area contributed by atoms with Crippen molar-refractivity contribution < 1.29 is 0 Å². The van der Waals surface area contributed by atoms with Crippen molar-refractivity contribution in [2.75, 3.05) is 0 Å². The molecule has 0 bridgehead atoms. The van der Waals surface area contributed by atoms with Crippen LogP contribution in [0.5, 0.6) is 0 Å². The van der Waals surface area contributed by atoms with E-state index in [0.29, 0.717) is 5.71 Å². The molecule has 0 spiro atoms. The molecule has 0 amide bonds. The van der Waals surface area contributed by atoms with E-state index in [4.69, 9.17) is 5.73 Å². The Bertz CT molecular complexity index is 319. The molecule has 0 saturated heterocycles. The average molecular weight is 192 g/mol. The lowest BCUT2D eigenvalue weighted by Gasteiger charge is -2.00. The molecule has 67 valence electrons. The van der Waals surface area contributed by atoms with E-state index < -0.39 is 0 Å². The van der Waals surface area contributed by atoms with Crippen LogP contribution in [0, 0.1) is 6.92 Å². The molecular formula is C9H10N3S. The summed E-state index contributed by atoms with van der Waals surface area (Å²) in [6, 6.07) is 9.57. The van der Waals surface area contributed by atoms with Crippen LogP contribution in [0.3, 0.4) is 0 Å². The molecule has 0 aromatic heterocycles. The van der Waals surface area contributed by atoms with E-state index >= 15 is 0 Å². The Morgan fingerprint density at radius 3 is 2.54 bits per heavy atom. The van der Waals surface area contributed by atoms with Gasteiger partial charge in [-0.1, -0.05) is 30.3 Å². The first kappa shape index (κ1) is 9.67. The Balaban J connectivity index is 2.73. The molecule has 1 rings (SSSR count). The number of nitrogens with two attached hydrogens (primary N) is 1. The zero-order valence-corrected chi connectivity index (χ0v) is 7.84. The van der Waals surface area contributed by atoms with Crippen molar-refractivity contribution in [3.63, 3.8) is 0 Å². The Labute approximate surface area is 82.6 Å². The molecule has 0 atom stereocenters. The Hall–Kier alpha value is -1.42. The maximum Gasteiger partial charge on any atom is 0.184 e. The van der Waals surface area contributed by atoms with Crippen molar-refractivity contribution in [1.29, 1.82) is 0 Å². The summed E-state index contributed by atoms with van der Waals surface area (Å²) in [6.07, 6.45) is 0. The number of nitrogens with one attached hydrogen (secondary N) is 1. The summed E-state index contributed by atoms with van der Waals surface area (Å²) in [5.74, 6) is 0. The minimum Gasteiger partial charge on any atom is -0.375 e. The molecule has 0 unspecified atom stereocenters. The fourth-order valence-corrected chi connectivity index (χ4v) is 0.863. The number of nitrogens with zero attached hydrogens (tertiary/aromatic N) is 1. The van der Waals surface area contributed by atoms with Crippen molar-refractivity contribution in [3.05, 3.63) is 42.8 Å². The summed E-state index contributed by atoms with van der Waals surface area (Å²) in [7, 11) is 0. The van der Waals surface area contributed by atoms with E-state index in [1.165, 1.54) is 0 Å². The molecule has 0 aliphatic heterocycles. The van der Waals surface area contributed by atoms with Crippen molar-refractivity contribution >= 4 is 23.0 Å². The predicted molar refractivity (Wildman–Crippen MR) is 58.3 cm³/mol. The first-order valence-corrected chi connectivity index (χ1v) is 4.11. The quantitative estimate of drug-likeness (QED) is 0.418. The zero-order chi connectivity index (χ0) is 9.68. The zero-order valence-electron chi connectivity index (χ0n) is 7.03. The highest BCUT2D eigenvalue weighted by molar-refractivity contribution is 7.80. The Kier molecular flexibility index (Phi) is 3.40. The van der Waals surface area contributed by atoms with Crippen molar-refractivity contribution in [2.24, 2.45) is 10.8 Å². The predicted octanol–water partition coefficient (Wildman–Crippen LogP) is 1.06. The van der Waals surface area contributed by atoms with Gasteiger partial charge in [-0.3, -0.25) is 5.43 Å². The topological polar surface area (TPSA) is 50.4 Å². The van der Waals surface area contributed by atoms with Crippen molar-refractivity contribution in [2.45, 2.75) is 0 Å². The lowest BCUT2D eigenvalue weighted by atomic mass is 10.1. The van der Waals surface area contributed by atoms with E-state index in [-0.39, 0.29) is 5.11 Å². The number of benzene rings is 1. The van der Waals surface area contributed by atoms with E-state index in [0.717, 1.165) is 5.56 Å². The fourth-order valence-electron chi connectivity index (χ4n) is 0.818. The third kappa shape index (κ3) is 3.21. The number of thiocarbonyl (C=S) groups is 1. The molecule has 0 saturated carbocycles. The number of hydrogen-bond acceptors (Lipinski definition) is 2. The summed E-state index contributed by atoms with van der Waals surface area (Å²) in [5, 5.41) is 4.02. The van der Waals surface area contributed by atoms with Crippen LogP contribution in [0.15, 0.2) is 35.4 Å². The summed E-state index contributed by atoms with van der Waals surface area (Å²) in [5.41, 5.74) is 9.22. The highest BCUT2D eigenvalue weighted by atomic mass is 32.1. The van der Waals surface area contributed by atoms with Gasteiger partial charge in [-0.15, -0.1) is 0 Å². The van der Waals surface area contributed by atoms with E-state index in [1.807, 2.05) is 30.3 Å². The van der Waals surface area contributed by atoms with E-state index in [9.17, 15) is 0 Å². The van der Waals surface area contributed by atoms with Crippen LogP contribution in [0.1, 0.15) is 5.56 Å². The van der Waals surface area contributed by atoms with Crippen LogP contribution in [0.2, 0.25) is 0 Å². The van der Waals surface area contributed by atoms with Crippen LogP contribution < -0.4 is 11.2 Å². The summed E-state index contributed by atoms with van der Waals surface area (Å²) < 4.78 is 0. The fraction of sp³-hybridized carbons (Fsp3) is 0. The standard InChI is InChI=1S/C9H10N3S/c1-7(11-12-9(10)13)8-5-3-2-4-6-8/h2-6H,1H2,(H3,10,12,13). The van der Waals surface area contributed by atoms with Crippen molar-refractivity contribution in [3.8, 4) is 0 Å². The number of hydrazone groups is 1. The Morgan fingerprint density at radius 2 is 2.00 bits per heavy atom. The minimum atomic E-state index is 0.136. The van der Waals surface area contributed by atoms with Crippen LogP contribution in [0.4, 0.5) is 0 Å². The SMILES string of the molecule is [CH2]C(=NNC(N)=S)c1ccccc1. The molecule has 0 heterocycles. The molecule has 1 radical (unpaired) electrons. The average Bonchev–Trinajstić information content (AvgIpc) is 2.15. The summed E-state index contributed by atoms with van der Waals surface area (Å²) in [4.78, 5) is 0. The summed E-state index contributed by atoms with van der Waals surface area (Å²) >= 11 is 4.60. The van der Waals surface area contributed by atoms with E-state index in [2.05, 4.69) is 29.7 Å². The largest absolute Gasteiger partial charge is 0.375 e. The lowest BCUT2D eigenvalue weighted by Crippen LogP contribution is -2.25. The monoisotopic (exact) mass is 192 g/mol. The molecule has 3 nitrogen and oxygen atoms in total. The molecular weight excluding hydrogens is 182 g/mol. The van der Waals surface area contributed by atoms with Gasteiger partial charge in [-0.25, -0.2) is 0 Å². The van der Waals surface area contributed by atoms with Gasteiger partial charge in [0.15, 0.2) is 5.11 Å². The van der Waals surface area contributed by atoms with Gasteiger partial charge in [0.05, 0.1) is 5.71 Å². The van der Waals surface area contributed by atoms with Crippen molar-refractivity contribution in [1.82, 2.24) is 5.43 Å². The molecule has 1 aromatic rings. The van der Waals surface area contributed by atoms with Gasteiger partial charge in [0.25, 0.3) is 0 Å². The molecule has 13 heavy (non-hydrogen) atoms. The van der Waals surface area contributed by atoms with Gasteiger partial charge < -0.3 is 5.73 Å². The first-order valence-electron chi connectivity index (χ1n) is 3.70. The lowest BCUT2D eigenvalue weighted by molar-refractivity contribution is 1.03. The third-order valence-electron chi connectivity index (χ3n) is 1.41. The van der Waals surface area contributed by atoms with Gasteiger partial charge in [-0.05, 0) is 24.7 Å². The van der Waals surface area contributed by atoms with Gasteiger partial charge in [0.1, 0.15) is 0 Å². The highest BCUT2D eigenvalue weighted by Gasteiger charge is 1.94. The smallest absolute Gasteiger partial charge is 0.184 e. The molecule has 0 aliphatic carbocycles.